The van der Waals surface area contributed by atoms with Gasteiger partial charge in [0, 0.05) is 24.7 Å². The zero-order chi connectivity index (χ0) is 13.5. The van der Waals surface area contributed by atoms with Gasteiger partial charge in [0.2, 0.25) is 5.91 Å². The number of ether oxygens (including phenoxy) is 1. The highest BCUT2D eigenvalue weighted by Gasteiger charge is 2.48. The van der Waals surface area contributed by atoms with E-state index in [0.717, 1.165) is 38.9 Å². The molecule has 0 spiro atoms. The Hall–Kier alpha value is -0.650. The number of amides is 1. The maximum atomic E-state index is 11.9. The van der Waals surface area contributed by atoms with E-state index in [9.17, 15) is 4.79 Å². The molecule has 1 heterocycles. The van der Waals surface area contributed by atoms with Crippen LogP contribution < -0.4 is 11.1 Å². The Morgan fingerprint density at radius 1 is 1.32 bits per heavy atom. The summed E-state index contributed by atoms with van der Waals surface area (Å²) in [5, 5.41) is 3.51. The van der Waals surface area contributed by atoms with Crippen LogP contribution in [0, 0.1) is 0 Å². The van der Waals surface area contributed by atoms with Crippen molar-refractivity contribution in [3.8, 4) is 0 Å². The van der Waals surface area contributed by atoms with Crippen molar-refractivity contribution >= 4 is 5.91 Å². The molecule has 1 amide bonds. The molecular weight excluding hydrogens is 242 g/mol. The van der Waals surface area contributed by atoms with Crippen LogP contribution in [0.25, 0.3) is 0 Å². The molecule has 3 fully saturated rings. The number of rotatable bonds is 5. The Bertz CT molecular complexity index is 353. The summed E-state index contributed by atoms with van der Waals surface area (Å²) in [6, 6.07) is 1.48. The van der Waals surface area contributed by atoms with Gasteiger partial charge in [0.05, 0.1) is 12.1 Å². The van der Waals surface area contributed by atoms with E-state index in [1.807, 2.05) is 0 Å². The number of nitrogens with one attached hydrogen (secondary N) is 1. The molecular formula is C14H25N3O2. The molecule has 0 aromatic carbocycles. The average Bonchev–Trinajstić information content (AvgIpc) is 2.90. The first-order valence-corrected chi connectivity index (χ1v) is 7.48. The van der Waals surface area contributed by atoms with Crippen molar-refractivity contribution in [2.24, 2.45) is 5.73 Å². The molecule has 0 radical (unpaired) electrons. The number of nitrogens with zero attached hydrogens (tertiary/aromatic N) is 1. The zero-order valence-corrected chi connectivity index (χ0v) is 11.7. The second-order valence-electron chi connectivity index (χ2n) is 6.44. The predicted molar refractivity (Wildman–Crippen MR) is 72.7 cm³/mol. The molecule has 1 aliphatic heterocycles. The van der Waals surface area contributed by atoms with Crippen LogP contribution in [0.3, 0.4) is 0 Å². The average molecular weight is 267 g/mol. The molecule has 108 valence electrons. The molecule has 0 aromatic heterocycles. The maximum Gasteiger partial charge on any atom is 0.237 e. The summed E-state index contributed by atoms with van der Waals surface area (Å²) in [5.41, 5.74) is 5.22. The first kappa shape index (κ1) is 13.3. The van der Waals surface area contributed by atoms with Gasteiger partial charge in [-0.1, -0.05) is 0 Å². The van der Waals surface area contributed by atoms with Crippen LogP contribution in [0.5, 0.6) is 0 Å². The number of nitrogens with two attached hydrogens (primary N) is 1. The Labute approximate surface area is 114 Å². The Balaban J connectivity index is 1.64. The van der Waals surface area contributed by atoms with Crippen LogP contribution in [-0.2, 0) is 9.53 Å². The minimum Gasteiger partial charge on any atom is -0.380 e. The summed E-state index contributed by atoms with van der Waals surface area (Å²) in [7, 11) is 2.16. The van der Waals surface area contributed by atoms with E-state index in [1.165, 1.54) is 12.8 Å². The number of hydrogen-bond acceptors (Lipinski definition) is 4. The van der Waals surface area contributed by atoms with Gasteiger partial charge in [-0.05, 0) is 45.6 Å². The van der Waals surface area contributed by atoms with Crippen molar-refractivity contribution in [2.75, 3.05) is 20.3 Å². The highest BCUT2D eigenvalue weighted by molar-refractivity contribution is 5.85. The monoisotopic (exact) mass is 267 g/mol. The lowest BCUT2D eigenvalue weighted by Gasteiger charge is -2.32. The van der Waals surface area contributed by atoms with Gasteiger partial charge in [0.25, 0.3) is 0 Å². The third-order valence-corrected chi connectivity index (χ3v) is 5.08. The highest BCUT2D eigenvalue weighted by atomic mass is 16.5. The predicted octanol–water partition coefficient (Wildman–Crippen LogP) is 0.236. The minimum atomic E-state index is -0.459. The van der Waals surface area contributed by atoms with E-state index in [0.29, 0.717) is 18.1 Å². The Morgan fingerprint density at radius 3 is 2.68 bits per heavy atom. The largest absolute Gasteiger partial charge is 0.380 e. The lowest BCUT2D eigenvalue weighted by Crippen LogP contribution is -2.55. The first-order chi connectivity index (χ1) is 9.11. The topological polar surface area (TPSA) is 67.6 Å². The summed E-state index contributed by atoms with van der Waals surface area (Å²) in [5.74, 6) is -0.169. The van der Waals surface area contributed by atoms with Crippen molar-refractivity contribution in [3.05, 3.63) is 0 Å². The van der Waals surface area contributed by atoms with Crippen molar-refractivity contribution in [1.82, 2.24) is 10.2 Å². The van der Waals surface area contributed by atoms with Crippen molar-refractivity contribution < 1.29 is 9.53 Å². The number of likely N-dealkylation sites (N-methyl/N-ethyl adjacent to an activating group) is 1. The third-order valence-electron chi connectivity index (χ3n) is 5.08. The molecule has 2 saturated carbocycles. The molecule has 2 aliphatic carbocycles. The van der Waals surface area contributed by atoms with Gasteiger partial charge in [-0.3, -0.25) is 9.69 Å². The Kier molecular flexibility index (Phi) is 3.53. The van der Waals surface area contributed by atoms with E-state index in [2.05, 4.69) is 17.3 Å². The van der Waals surface area contributed by atoms with Gasteiger partial charge < -0.3 is 15.8 Å². The van der Waals surface area contributed by atoms with Crippen LogP contribution in [0.15, 0.2) is 0 Å². The molecule has 3 rings (SSSR count). The molecule has 0 bridgehead atoms. The summed E-state index contributed by atoms with van der Waals surface area (Å²) in [4.78, 5) is 14.3. The van der Waals surface area contributed by atoms with E-state index >= 15 is 0 Å². The van der Waals surface area contributed by atoms with Crippen LogP contribution in [0.1, 0.15) is 38.5 Å². The van der Waals surface area contributed by atoms with Gasteiger partial charge in [-0.25, -0.2) is 0 Å². The van der Waals surface area contributed by atoms with Crippen LogP contribution >= 0.6 is 0 Å². The second-order valence-corrected chi connectivity index (χ2v) is 6.44. The van der Waals surface area contributed by atoms with Crippen molar-refractivity contribution in [3.63, 3.8) is 0 Å². The van der Waals surface area contributed by atoms with E-state index in [-0.39, 0.29) is 5.91 Å². The van der Waals surface area contributed by atoms with Gasteiger partial charge in [-0.2, -0.15) is 0 Å². The van der Waals surface area contributed by atoms with Crippen molar-refractivity contribution in [2.45, 2.75) is 62.2 Å². The Morgan fingerprint density at radius 2 is 2.11 bits per heavy atom. The molecule has 3 aliphatic rings. The normalized spacial score (nSPS) is 39.1. The molecule has 0 aromatic rings. The molecule has 19 heavy (non-hydrogen) atoms. The summed E-state index contributed by atoms with van der Waals surface area (Å²) < 4.78 is 5.46. The summed E-state index contributed by atoms with van der Waals surface area (Å²) in [6.07, 6.45) is 6.26. The van der Waals surface area contributed by atoms with E-state index in [1.54, 1.807) is 0 Å². The van der Waals surface area contributed by atoms with Gasteiger partial charge in [0.15, 0.2) is 0 Å². The van der Waals surface area contributed by atoms with Crippen LogP contribution in [-0.4, -0.2) is 54.7 Å². The molecule has 3 unspecified atom stereocenters. The fraction of sp³-hybridized carbons (Fsp3) is 0.929. The van der Waals surface area contributed by atoms with Gasteiger partial charge in [0.1, 0.15) is 0 Å². The zero-order valence-electron chi connectivity index (χ0n) is 11.7. The smallest absolute Gasteiger partial charge is 0.237 e. The number of carbonyl (C=O) groups excluding carboxylic acids is 1. The standard InChI is InChI=1S/C14H25N3O2/c1-17(12-5-7-19-9-12)11-4-6-14(8-11,13(15)18)16-10-2-3-10/h10-12,16H,2-9H2,1H3,(H2,15,18). The van der Waals surface area contributed by atoms with Gasteiger partial charge >= 0.3 is 0 Å². The van der Waals surface area contributed by atoms with Crippen LogP contribution in [0.4, 0.5) is 0 Å². The number of primary amides is 1. The fourth-order valence-electron chi connectivity index (χ4n) is 3.55. The maximum absolute atomic E-state index is 11.9. The SMILES string of the molecule is CN(C1CCOC1)C1CCC(NC2CC2)(C(N)=O)C1. The molecule has 1 saturated heterocycles. The summed E-state index contributed by atoms with van der Waals surface area (Å²) in [6.45, 7) is 1.69. The molecule has 3 atom stereocenters. The number of carbonyl (C=O) groups is 1. The lowest BCUT2D eigenvalue weighted by atomic mass is 9.95. The highest BCUT2D eigenvalue weighted by Crippen LogP contribution is 2.37. The molecule has 5 nitrogen and oxygen atoms in total. The molecule has 3 N–H and O–H groups in total. The minimum absolute atomic E-state index is 0.169. The first-order valence-electron chi connectivity index (χ1n) is 7.48. The van der Waals surface area contributed by atoms with Gasteiger partial charge in [-0.15, -0.1) is 0 Å². The fourth-order valence-corrected chi connectivity index (χ4v) is 3.55. The quantitative estimate of drug-likeness (QED) is 0.748. The third kappa shape index (κ3) is 2.64. The van der Waals surface area contributed by atoms with Crippen LogP contribution in [0.2, 0.25) is 0 Å². The second kappa shape index (κ2) is 5.04. The molecule has 5 heteroatoms. The lowest BCUT2D eigenvalue weighted by molar-refractivity contribution is -0.124. The van der Waals surface area contributed by atoms with Crippen molar-refractivity contribution in [1.29, 1.82) is 0 Å². The summed E-state index contributed by atoms with van der Waals surface area (Å²) >= 11 is 0. The van der Waals surface area contributed by atoms with E-state index in [4.69, 9.17) is 10.5 Å². The number of hydrogen-bond donors (Lipinski definition) is 2. The van der Waals surface area contributed by atoms with E-state index < -0.39 is 5.54 Å².